The molecule has 1 atom stereocenters. The van der Waals surface area contributed by atoms with Gasteiger partial charge in [0.15, 0.2) is 11.7 Å². The number of hydrogen-bond donors (Lipinski definition) is 8. The minimum absolute atomic E-state index is 0.128. The summed E-state index contributed by atoms with van der Waals surface area (Å²) in [6, 6.07) is 14.6. The summed E-state index contributed by atoms with van der Waals surface area (Å²) in [5, 5.41) is 23.6. The normalized spacial score (nSPS) is 17.9. The van der Waals surface area contributed by atoms with Gasteiger partial charge >= 0.3 is 12.1 Å². The number of rotatable bonds is 12. The van der Waals surface area contributed by atoms with Gasteiger partial charge in [-0.05, 0) is 100 Å². The summed E-state index contributed by atoms with van der Waals surface area (Å²) in [4.78, 5) is 63.2. The predicted octanol–water partition coefficient (Wildman–Crippen LogP) is 1.16. The number of nitrogens with zero attached hydrogens (tertiary/aromatic N) is 7. The fourth-order valence-corrected chi connectivity index (χ4v) is 7.87. The van der Waals surface area contributed by atoms with Crippen molar-refractivity contribution in [2.24, 2.45) is 0 Å². The molecule has 2 saturated heterocycles. The molecule has 4 aromatic rings. The summed E-state index contributed by atoms with van der Waals surface area (Å²) in [5.41, 5.74) is 10.8. The molecule has 20 heteroatoms. The van der Waals surface area contributed by atoms with Crippen LogP contribution in [0.3, 0.4) is 0 Å². The summed E-state index contributed by atoms with van der Waals surface area (Å²) in [6.07, 6.45) is 6.51. The molecule has 2 amide bonds. The quantitative estimate of drug-likeness (QED) is 0.0931. The third-order valence-corrected chi connectivity index (χ3v) is 11.6. The lowest BCUT2D eigenvalue weighted by atomic mass is 10.1. The molecule has 2 aromatic carbocycles. The van der Waals surface area contributed by atoms with Gasteiger partial charge in [0, 0.05) is 89.8 Å². The molecule has 2 aliphatic rings. The third kappa shape index (κ3) is 18.2. The number of aromatic nitrogens is 4. The third-order valence-electron chi connectivity index (χ3n) is 11.6. The Morgan fingerprint density at radius 2 is 1.27 bits per heavy atom. The molecule has 67 heavy (non-hydrogen) atoms. The monoisotopic (exact) mass is 926 g/mol. The van der Waals surface area contributed by atoms with E-state index in [0.717, 1.165) is 130 Å². The zero-order chi connectivity index (χ0) is 46.9. The summed E-state index contributed by atoms with van der Waals surface area (Å²) >= 11 is 0. The van der Waals surface area contributed by atoms with Crippen molar-refractivity contribution in [3.8, 4) is 0 Å². The lowest BCUT2D eigenvalue weighted by Gasteiger charge is -2.27. The lowest BCUT2D eigenvalue weighted by molar-refractivity contribution is -0.143. The maximum atomic E-state index is 13.6. The SMILES string of the molecule is COC(=O)C(COC(=O)N1CCCN(Cc2ccc(CN3CCCNCCNCCCNCC3)cc2)CCNCCCNCC1)NC(=O)c1ccc(NCc2cnc3nc(N)ncc3n2)cc1. The Morgan fingerprint density at radius 1 is 0.672 bits per heavy atom. The van der Waals surface area contributed by atoms with Crippen LogP contribution in [0.15, 0.2) is 60.9 Å². The maximum Gasteiger partial charge on any atom is 0.409 e. The highest BCUT2D eigenvalue weighted by atomic mass is 16.6. The first-order chi connectivity index (χ1) is 32.8. The van der Waals surface area contributed by atoms with Crippen LogP contribution in [0.1, 0.15) is 52.9 Å². The van der Waals surface area contributed by atoms with Gasteiger partial charge in [0.25, 0.3) is 5.91 Å². The number of nitrogen functional groups attached to an aromatic ring is 1. The average molecular weight is 926 g/mol. The van der Waals surface area contributed by atoms with Crippen LogP contribution in [0.4, 0.5) is 16.4 Å². The van der Waals surface area contributed by atoms with Crippen LogP contribution in [0.5, 0.6) is 0 Å². The van der Waals surface area contributed by atoms with Gasteiger partial charge in [-0.3, -0.25) is 14.6 Å². The van der Waals surface area contributed by atoms with Gasteiger partial charge in [-0.1, -0.05) is 24.3 Å². The Hall–Kier alpha value is -5.61. The zero-order valence-electron chi connectivity index (χ0n) is 39.1. The summed E-state index contributed by atoms with van der Waals surface area (Å²) < 4.78 is 10.7. The number of fused-ring (bicyclic) bond motifs is 1. The van der Waals surface area contributed by atoms with Crippen molar-refractivity contribution in [3.63, 3.8) is 0 Å². The topological polar surface area (TPSA) is 241 Å². The number of methoxy groups -OCH3 is 1. The molecule has 0 aliphatic carbocycles. The molecule has 0 saturated carbocycles. The standard InChI is InChI=1S/C47H71N15O5/c1-66-45(64)42(58-44(63)38-10-12-39(13-11-38)54-30-40-31-55-43-41(57-40)32-56-46(48)59-43)35-67-47(65)62-26-5-25-61(28-22-52-16-3-17-53-23-29-62)34-37-8-6-36(7-9-37)33-60-24-4-18-50-20-19-49-14-2-15-51-21-27-60/h6-13,31-32,42,49-54H,2-5,14-30,33-35H2,1H3,(H,58,63)(H2,48,55,56,59). The van der Waals surface area contributed by atoms with E-state index < -0.39 is 24.0 Å². The van der Waals surface area contributed by atoms with Crippen molar-refractivity contribution >= 4 is 40.8 Å². The summed E-state index contributed by atoms with van der Waals surface area (Å²) in [5.74, 6) is -1.12. The molecule has 0 spiro atoms. The van der Waals surface area contributed by atoms with Crippen molar-refractivity contribution < 1.29 is 23.9 Å². The molecule has 364 valence electrons. The van der Waals surface area contributed by atoms with Crippen molar-refractivity contribution in [2.45, 2.75) is 51.4 Å². The first kappa shape index (κ1) is 50.8. The van der Waals surface area contributed by atoms with E-state index in [9.17, 15) is 14.4 Å². The molecular weight excluding hydrogens is 855 g/mol. The summed E-state index contributed by atoms with van der Waals surface area (Å²) in [7, 11) is 1.23. The Labute approximate surface area is 394 Å². The molecule has 4 heterocycles. The second kappa shape index (κ2) is 28.5. The van der Waals surface area contributed by atoms with Crippen molar-refractivity contribution in [1.29, 1.82) is 0 Å². The Morgan fingerprint density at radius 3 is 1.91 bits per heavy atom. The highest BCUT2D eigenvalue weighted by Crippen LogP contribution is 2.14. The van der Waals surface area contributed by atoms with Gasteiger partial charge in [-0.25, -0.2) is 24.5 Å². The zero-order valence-corrected chi connectivity index (χ0v) is 39.1. The van der Waals surface area contributed by atoms with Gasteiger partial charge in [0.1, 0.15) is 12.1 Å². The number of nitrogens with two attached hydrogens (primary N) is 1. The lowest BCUT2D eigenvalue weighted by Crippen LogP contribution is -2.47. The van der Waals surface area contributed by atoms with Gasteiger partial charge in [-0.2, -0.15) is 4.98 Å². The highest BCUT2D eigenvalue weighted by Gasteiger charge is 2.26. The number of ether oxygens (including phenoxy) is 2. The molecule has 20 nitrogen and oxygen atoms in total. The fraction of sp³-hybridized carbons (Fsp3) is 0.553. The number of carbonyl (C=O) groups is 3. The molecule has 2 aliphatic heterocycles. The second-order valence-electron chi connectivity index (χ2n) is 16.9. The van der Waals surface area contributed by atoms with E-state index in [1.165, 1.54) is 24.4 Å². The van der Waals surface area contributed by atoms with Crippen LogP contribution in [-0.2, 0) is 33.9 Å². The first-order valence-electron chi connectivity index (χ1n) is 23.8. The fourth-order valence-electron chi connectivity index (χ4n) is 7.87. The average Bonchev–Trinajstić information content (AvgIpc) is 3.34. The minimum Gasteiger partial charge on any atom is -0.467 e. The molecule has 2 fully saturated rings. The molecule has 0 bridgehead atoms. The first-order valence-corrected chi connectivity index (χ1v) is 23.8. The molecule has 2 aromatic heterocycles. The van der Waals surface area contributed by atoms with Crippen LogP contribution >= 0.6 is 0 Å². The van der Waals surface area contributed by atoms with Crippen LogP contribution in [0.2, 0.25) is 0 Å². The predicted molar refractivity (Wildman–Crippen MR) is 259 cm³/mol. The number of benzene rings is 2. The Bertz CT molecular complexity index is 2080. The van der Waals surface area contributed by atoms with E-state index in [2.05, 4.69) is 91.2 Å². The van der Waals surface area contributed by atoms with Gasteiger partial charge < -0.3 is 57.3 Å². The maximum absolute atomic E-state index is 13.6. The van der Waals surface area contributed by atoms with E-state index in [1.807, 2.05) is 0 Å². The van der Waals surface area contributed by atoms with Gasteiger partial charge in [-0.15, -0.1) is 0 Å². The van der Waals surface area contributed by atoms with Crippen LogP contribution in [0, 0.1) is 0 Å². The molecule has 9 N–H and O–H groups in total. The van der Waals surface area contributed by atoms with E-state index in [4.69, 9.17) is 15.2 Å². The molecule has 6 rings (SSSR count). The number of hydrogen-bond acceptors (Lipinski definition) is 18. The number of carbonyl (C=O) groups excluding carboxylic acids is 3. The number of amides is 2. The van der Waals surface area contributed by atoms with Gasteiger partial charge in [0.05, 0.1) is 31.7 Å². The smallest absolute Gasteiger partial charge is 0.409 e. The van der Waals surface area contributed by atoms with Crippen molar-refractivity contribution in [1.82, 2.24) is 66.5 Å². The number of esters is 1. The second-order valence-corrected chi connectivity index (χ2v) is 16.9. The number of nitrogens with one attached hydrogen (secondary N) is 7. The molecular formula is C47H71N15O5. The van der Waals surface area contributed by atoms with E-state index in [-0.39, 0.29) is 12.6 Å². The van der Waals surface area contributed by atoms with Crippen molar-refractivity contribution in [3.05, 3.63) is 83.3 Å². The minimum atomic E-state index is -1.21. The molecule has 0 radical (unpaired) electrons. The number of anilines is 2. The van der Waals surface area contributed by atoms with Crippen LogP contribution < -0.4 is 43.0 Å². The highest BCUT2D eigenvalue weighted by molar-refractivity contribution is 5.97. The Kier molecular flexibility index (Phi) is 21.6. The van der Waals surface area contributed by atoms with Crippen LogP contribution in [0.25, 0.3) is 11.2 Å². The van der Waals surface area contributed by atoms with E-state index >= 15 is 0 Å². The van der Waals surface area contributed by atoms with Crippen molar-refractivity contribution in [2.75, 3.05) is 129 Å². The van der Waals surface area contributed by atoms with Gasteiger partial charge in [0.2, 0.25) is 5.95 Å². The summed E-state index contributed by atoms with van der Waals surface area (Å²) in [6.45, 7) is 15.6. The molecule has 1 unspecified atom stereocenters. The van der Waals surface area contributed by atoms with E-state index in [1.54, 1.807) is 35.4 Å². The largest absolute Gasteiger partial charge is 0.467 e. The van der Waals surface area contributed by atoms with Crippen LogP contribution in [-0.4, -0.2) is 177 Å². The van der Waals surface area contributed by atoms with E-state index in [0.29, 0.717) is 48.6 Å². The Balaban J connectivity index is 0.979.